The SMILES string of the molecule is COCCN(Cc1c(-c2cccc(C)c2)noc1N1CCOCC1)C(=O)c1ccc(F)cc1. The number of amides is 1. The summed E-state index contributed by atoms with van der Waals surface area (Å²) in [5.41, 5.74) is 3.97. The van der Waals surface area contributed by atoms with Crippen LogP contribution < -0.4 is 4.90 Å². The third-order valence-electron chi connectivity index (χ3n) is 5.65. The van der Waals surface area contributed by atoms with Gasteiger partial charge in [0.2, 0.25) is 5.88 Å². The first-order valence-corrected chi connectivity index (χ1v) is 11.0. The molecule has 2 heterocycles. The monoisotopic (exact) mass is 453 g/mol. The Morgan fingerprint density at radius 2 is 1.94 bits per heavy atom. The van der Waals surface area contributed by atoms with Crippen LogP contribution in [0.15, 0.2) is 53.1 Å². The largest absolute Gasteiger partial charge is 0.383 e. The van der Waals surface area contributed by atoms with Gasteiger partial charge in [0, 0.05) is 37.9 Å². The minimum Gasteiger partial charge on any atom is -0.383 e. The van der Waals surface area contributed by atoms with Gasteiger partial charge in [0.25, 0.3) is 5.91 Å². The molecule has 0 radical (unpaired) electrons. The molecule has 8 heteroatoms. The molecule has 0 aliphatic carbocycles. The highest BCUT2D eigenvalue weighted by Gasteiger charge is 2.27. The van der Waals surface area contributed by atoms with Crippen LogP contribution in [0.25, 0.3) is 11.3 Å². The number of hydrogen-bond donors (Lipinski definition) is 0. The lowest BCUT2D eigenvalue weighted by molar-refractivity contribution is 0.0680. The van der Waals surface area contributed by atoms with Gasteiger partial charge in [0.15, 0.2) is 0 Å². The topological polar surface area (TPSA) is 68.0 Å². The standard InChI is InChI=1S/C25H28FN3O4/c1-18-4-3-5-20(16-18)23-22(25(33-27-23)28-11-14-32-15-12-28)17-29(10-13-31-2)24(30)19-6-8-21(26)9-7-19/h3-9,16H,10-15,17H2,1-2H3. The van der Waals surface area contributed by atoms with Crippen molar-refractivity contribution in [1.29, 1.82) is 0 Å². The minimum atomic E-state index is -0.384. The van der Waals surface area contributed by atoms with Gasteiger partial charge in [-0.3, -0.25) is 4.79 Å². The number of rotatable bonds is 8. The molecular weight excluding hydrogens is 425 g/mol. The lowest BCUT2D eigenvalue weighted by Crippen LogP contribution is -2.38. The first-order valence-electron chi connectivity index (χ1n) is 11.0. The average molecular weight is 454 g/mol. The number of aryl methyl sites for hydroxylation is 1. The summed E-state index contributed by atoms with van der Waals surface area (Å²) < 4.78 is 30.0. The van der Waals surface area contributed by atoms with Crippen LogP contribution in [-0.2, 0) is 16.0 Å². The van der Waals surface area contributed by atoms with Crippen molar-refractivity contribution < 1.29 is 23.2 Å². The van der Waals surface area contributed by atoms with E-state index in [1.807, 2.05) is 31.2 Å². The summed E-state index contributed by atoms with van der Waals surface area (Å²) in [6.45, 7) is 5.59. The maximum atomic E-state index is 13.4. The van der Waals surface area contributed by atoms with Crippen molar-refractivity contribution in [2.45, 2.75) is 13.5 Å². The Bertz CT molecular complexity index is 1080. The van der Waals surface area contributed by atoms with Crippen LogP contribution in [0, 0.1) is 12.7 Å². The van der Waals surface area contributed by atoms with Crippen molar-refractivity contribution in [2.24, 2.45) is 0 Å². The molecule has 1 aliphatic heterocycles. The Labute approximate surface area is 192 Å². The van der Waals surface area contributed by atoms with E-state index in [0.717, 1.165) is 16.7 Å². The van der Waals surface area contributed by atoms with Crippen molar-refractivity contribution in [1.82, 2.24) is 10.1 Å². The van der Waals surface area contributed by atoms with E-state index in [-0.39, 0.29) is 18.3 Å². The second-order valence-corrected chi connectivity index (χ2v) is 8.01. The molecule has 1 aromatic heterocycles. The maximum Gasteiger partial charge on any atom is 0.254 e. The molecule has 174 valence electrons. The highest BCUT2D eigenvalue weighted by atomic mass is 19.1. The van der Waals surface area contributed by atoms with Crippen LogP contribution in [0.5, 0.6) is 0 Å². The van der Waals surface area contributed by atoms with Gasteiger partial charge in [-0.2, -0.15) is 0 Å². The fraction of sp³-hybridized carbons (Fsp3) is 0.360. The molecule has 1 saturated heterocycles. The van der Waals surface area contributed by atoms with Crippen molar-refractivity contribution in [3.05, 3.63) is 71.0 Å². The molecule has 7 nitrogen and oxygen atoms in total. The van der Waals surface area contributed by atoms with Gasteiger partial charge in [-0.05, 0) is 37.3 Å². The van der Waals surface area contributed by atoms with Crippen molar-refractivity contribution in [2.75, 3.05) is 51.5 Å². The second-order valence-electron chi connectivity index (χ2n) is 8.01. The number of hydrogen-bond acceptors (Lipinski definition) is 6. The fourth-order valence-corrected chi connectivity index (χ4v) is 3.90. The Kier molecular flexibility index (Phi) is 7.36. The van der Waals surface area contributed by atoms with Crippen LogP contribution in [0.2, 0.25) is 0 Å². The van der Waals surface area contributed by atoms with E-state index in [9.17, 15) is 9.18 Å². The summed E-state index contributed by atoms with van der Waals surface area (Å²) in [5, 5.41) is 4.40. The van der Waals surface area contributed by atoms with Gasteiger partial charge in [-0.25, -0.2) is 4.39 Å². The minimum absolute atomic E-state index is 0.212. The first kappa shape index (κ1) is 22.9. The highest BCUT2D eigenvalue weighted by Crippen LogP contribution is 2.33. The van der Waals surface area contributed by atoms with Crippen LogP contribution >= 0.6 is 0 Å². The van der Waals surface area contributed by atoms with E-state index in [4.69, 9.17) is 14.0 Å². The second kappa shape index (κ2) is 10.6. The van der Waals surface area contributed by atoms with E-state index in [0.29, 0.717) is 56.6 Å². The van der Waals surface area contributed by atoms with Gasteiger partial charge < -0.3 is 23.8 Å². The fourth-order valence-electron chi connectivity index (χ4n) is 3.90. The number of morpholine rings is 1. The molecule has 0 N–H and O–H groups in total. The molecule has 2 aromatic carbocycles. The number of anilines is 1. The summed E-state index contributed by atoms with van der Waals surface area (Å²) >= 11 is 0. The van der Waals surface area contributed by atoms with E-state index >= 15 is 0 Å². The molecule has 33 heavy (non-hydrogen) atoms. The van der Waals surface area contributed by atoms with E-state index in [1.165, 1.54) is 24.3 Å². The van der Waals surface area contributed by atoms with Gasteiger partial charge in [-0.15, -0.1) is 0 Å². The predicted molar refractivity (Wildman–Crippen MR) is 123 cm³/mol. The molecule has 4 rings (SSSR count). The lowest BCUT2D eigenvalue weighted by Gasteiger charge is -2.28. The number of nitrogens with zero attached hydrogens (tertiary/aromatic N) is 3. The van der Waals surface area contributed by atoms with Gasteiger partial charge in [0.1, 0.15) is 11.5 Å². The van der Waals surface area contributed by atoms with Crippen LogP contribution in [0.1, 0.15) is 21.5 Å². The molecule has 0 bridgehead atoms. The third-order valence-corrected chi connectivity index (χ3v) is 5.65. The molecule has 3 aromatic rings. The zero-order valence-corrected chi connectivity index (χ0v) is 18.9. The molecule has 0 atom stereocenters. The van der Waals surface area contributed by atoms with E-state index in [1.54, 1.807) is 12.0 Å². The molecule has 0 saturated carbocycles. The quantitative estimate of drug-likeness (QED) is 0.515. The highest BCUT2D eigenvalue weighted by molar-refractivity contribution is 5.94. The zero-order valence-electron chi connectivity index (χ0n) is 18.9. The molecule has 1 amide bonds. The molecule has 1 fully saturated rings. The number of ether oxygens (including phenoxy) is 2. The first-order chi connectivity index (χ1) is 16.1. The summed E-state index contributed by atoms with van der Waals surface area (Å²) in [5.74, 6) is 0.0471. The Morgan fingerprint density at radius 1 is 1.18 bits per heavy atom. The number of carbonyl (C=O) groups is 1. The normalized spacial score (nSPS) is 13.8. The number of methoxy groups -OCH3 is 1. The number of halogens is 1. The number of aromatic nitrogens is 1. The predicted octanol–water partition coefficient (Wildman–Crippen LogP) is 3.91. The zero-order chi connectivity index (χ0) is 23.2. The lowest BCUT2D eigenvalue weighted by atomic mass is 10.0. The summed E-state index contributed by atoms with van der Waals surface area (Å²) in [6, 6.07) is 13.6. The maximum absolute atomic E-state index is 13.4. The van der Waals surface area contributed by atoms with E-state index < -0.39 is 0 Å². The third kappa shape index (κ3) is 5.40. The Balaban J connectivity index is 1.72. The molecular formula is C25H28FN3O4. The van der Waals surface area contributed by atoms with Crippen molar-refractivity contribution >= 4 is 11.8 Å². The van der Waals surface area contributed by atoms with Gasteiger partial charge >= 0.3 is 0 Å². The van der Waals surface area contributed by atoms with Crippen molar-refractivity contribution in [3.8, 4) is 11.3 Å². The van der Waals surface area contributed by atoms with Crippen LogP contribution in [0.3, 0.4) is 0 Å². The van der Waals surface area contributed by atoms with Gasteiger partial charge in [-0.1, -0.05) is 28.9 Å². The summed E-state index contributed by atoms with van der Waals surface area (Å²) in [7, 11) is 1.59. The Morgan fingerprint density at radius 3 is 2.64 bits per heavy atom. The average Bonchev–Trinajstić information content (AvgIpc) is 3.26. The molecule has 1 aliphatic rings. The smallest absolute Gasteiger partial charge is 0.254 e. The van der Waals surface area contributed by atoms with Gasteiger partial charge in [0.05, 0.1) is 31.9 Å². The van der Waals surface area contributed by atoms with Crippen molar-refractivity contribution in [3.63, 3.8) is 0 Å². The summed E-state index contributed by atoms with van der Waals surface area (Å²) in [6.07, 6.45) is 0. The summed E-state index contributed by atoms with van der Waals surface area (Å²) in [4.78, 5) is 17.1. The number of carbonyl (C=O) groups excluding carboxylic acids is 1. The van der Waals surface area contributed by atoms with Crippen LogP contribution in [-0.4, -0.2) is 62.5 Å². The Hall–Kier alpha value is -3.23. The number of benzene rings is 2. The molecule has 0 unspecified atom stereocenters. The molecule has 0 spiro atoms. The van der Waals surface area contributed by atoms with Crippen LogP contribution in [0.4, 0.5) is 10.3 Å². The van der Waals surface area contributed by atoms with E-state index in [2.05, 4.69) is 10.1 Å².